The maximum Gasteiger partial charge on any atom is 0.271 e. The van der Waals surface area contributed by atoms with E-state index in [1.165, 1.54) is 17.2 Å². The SMILES string of the molecule is COc1cc(F)c(-c2cc(S(=O)(=O)n3cnc4c(N)nccc43)c(N3CCC[C@](N)([C@H](O)C(F)F)C3)cn2)cc1F. The Morgan fingerprint density at radius 1 is 1.15 bits per heavy atom. The van der Waals surface area contributed by atoms with Gasteiger partial charge in [-0.05, 0) is 31.0 Å². The fraction of sp³-hybridized carbons (Fsp3) is 0.320. The molecule has 0 bridgehead atoms. The molecule has 16 heteroatoms. The van der Waals surface area contributed by atoms with Gasteiger partial charge in [-0.3, -0.25) is 4.98 Å². The van der Waals surface area contributed by atoms with Gasteiger partial charge in [0.1, 0.15) is 28.7 Å². The number of nitrogens with zero attached hydrogens (tertiary/aromatic N) is 5. The van der Waals surface area contributed by atoms with Gasteiger partial charge in [0.25, 0.3) is 16.4 Å². The molecule has 2 atom stereocenters. The lowest BCUT2D eigenvalue weighted by Crippen LogP contribution is -2.63. The van der Waals surface area contributed by atoms with E-state index in [4.69, 9.17) is 16.2 Å². The van der Waals surface area contributed by atoms with Crippen molar-refractivity contribution >= 4 is 32.6 Å². The van der Waals surface area contributed by atoms with Crippen LogP contribution in [0, 0.1) is 11.6 Å². The minimum Gasteiger partial charge on any atom is -0.494 e. The number of aliphatic hydroxyl groups is 1. The van der Waals surface area contributed by atoms with Gasteiger partial charge in [0.2, 0.25) is 0 Å². The number of hydrogen-bond donors (Lipinski definition) is 3. The summed E-state index contributed by atoms with van der Waals surface area (Å²) in [4.78, 5) is 13.1. The molecule has 0 aliphatic carbocycles. The highest BCUT2D eigenvalue weighted by Crippen LogP contribution is 2.37. The fourth-order valence-electron chi connectivity index (χ4n) is 4.95. The van der Waals surface area contributed by atoms with Crippen LogP contribution < -0.4 is 21.1 Å². The van der Waals surface area contributed by atoms with Crippen LogP contribution in [-0.2, 0) is 10.0 Å². The molecule has 5 rings (SSSR count). The van der Waals surface area contributed by atoms with Gasteiger partial charge in [-0.1, -0.05) is 0 Å². The van der Waals surface area contributed by atoms with Gasteiger partial charge >= 0.3 is 0 Å². The summed E-state index contributed by atoms with van der Waals surface area (Å²) in [5.74, 6) is -2.23. The van der Waals surface area contributed by atoms with Crippen molar-refractivity contribution in [3.05, 3.63) is 54.6 Å². The third-order valence-electron chi connectivity index (χ3n) is 7.08. The normalized spacial score (nSPS) is 18.7. The van der Waals surface area contributed by atoms with E-state index in [1.807, 2.05) is 0 Å². The van der Waals surface area contributed by atoms with Crippen molar-refractivity contribution < 1.29 is 35.8 Å². The molecular weight excluding hydrogens is 570 g/mol. The summed E-state index contributed by atoms with van der Waals surface area (Å²) < 4.78 is 90.3. The molecule has 5 N–H and O–H groups in total. The molecule has 3 aromatic heterocycles. The Hall–Kier alpha value is -4.02. The predicted octanol–water partition coefficient (Wildman–Crippen LogP) is 2.52. The number of nitrogens with two attached hydrogens (primary N) is 2. The first kappa shape index (κ1) is 28.5. The Balaban J connectivity index is 1.70. The molecule has 0 unspecified atom stereocenters. The number of anilines is 2. The number of rotatable bonds is 7. The first-order valence-corrected chi connectivity index (χ1v) is 13.7. The van der Waals surface area contributed by atoms with Crippen LogP contribution in [-0.4, -0.2) is 70.7 Å². The van der Waals surface area contributed by atoms with Crippen molar-refractivity contribution in [2.75, 3.05) is 30.8 Å². The van der Waals surface area contributed by atoms with E-state index in [-0.39, 0.29) is 65.5 Å². The summed E-state index contributed by atoms with van der Waals surface area (Å²) in [7, 11) is -3.40. The van der Waals surface area contributed by atoms with Gasteiger partial charge in [-0.25, -0.2) is 39.9 Å². The average Bonchev–Trinajstić information content (AvgIpc) is 3.40. The van der Waals surface area contributed by atoms with Gasteiger partial charge in [0.05, 0.1) is 35.7 Å². The Kier molecular flexibility index (Phi) is 7.25. The molecule has 0 amide bonds. The minimum absolute atomic E-state index is 0.0206. The molecular formula is C25H25F4N7O4S. The highest BCUT2D eigenvalue weighted by atomic mass is 32.2. The number of benzene rings is 1. The molecule has 4 aromatic rings. The van der Waals surface area contributed by atoms with Crippen LogP contribution in [0.25, 0.3) is 22.3 Å². The number of aliphatic hydroxyl groups excluding tert-OH is 1. The zero-order chi connectivity index (χ0) is 29.7. The number of nitrogen functional groups attached to an aromatic ring is 1. The van der Waals surface area contributed by atoms with Gasteiger partial charge in [-0.2, -0.15) is 0 Å². The molecule has 0 saturated carbocycles. The van der Waals surface area contributed by atoms with Crippen LogP contribution in [0.2, 0.25) is 0 Å². The highest BCUT2D eigenvalue weighted by molar-refractivity contribution is 7.90. The zero-order valence-electron chi connectivity index (χ0n) is 21.5. The van der Waals surface area contributed by atoms with E-state index >= 15 is 0 Å². The molecule has 0 spiro atoms. The van der Waals surface area contributed by atoms with Crippen LogP contribution in [0.1, 0.15) is 12.8 Å². The van der Waals surface area contributed by atoms with Crippen molar-refractivity contribution in [2.24, 2.45) is 5.73 Å². The first-order chi connectivity index (χ1) is 19.4. The Morgan fingerprint density at radius 2 is 1.90 bits per heavy atom. The second kappa shape index (κ2) is 10.4. The lowest BCUT2D eigenvalue weighted by atomic mass is 9.84. The summed E-state index contributed by atoms with van der Waals surface area (Å²) >= 11 is 0. The van der Waals surface area contributed by atoms with E-state index in [1.54, 1.807) is 0 Å². The number of ether oxygens (including phenoxy) is 1. The van der Waals surface area contributed by atoms with E-state index < -0.39 is 44.6 Å². The first-order valence-electron chi connectivity index (χ1n) is 12.2. The maximum atomic E-state index is 15.0. The molecule has 1 aromatic carbocycles. The van der Waals surface area contributed by atoms with Gasteiger partial charge in [-0.15, -0.1) is 0 Å². The van der Waals surface area contributed by atoms with Crippen LogP contribution >= 0.6 is 0 Å². The fourth-order valence-corrected chi connectivity index (χ4v) is 6.45. The topological polar surface area (TPSA) is 162 Å². The predicted molar refractivity (Wildman–Crippen MR) is 141 cm³/mol. The minimum atomic E-state index is -4.56. The summed E-state index contributed by atoms with van der Waals surface area (Å²) in [5.41, 5.74) is 9.82. The van der Waals surface area contributed by atoms with Crippen molar-refractivity contribution in [1.29, 1.82) is 0 Å². The molecule has 1 fully saturated rings. The summed E-state index contributed by atoms with van der Waals surface area (Å²) in [6, 6.07) is 4.03. The van der Waals surface area contributed by atoms with Crippen molar-refractivity contribution in [3.63, 3.8) is 0 Å². The van der Waals surface area contributed by atoms with Crippen LogP contribution in [0.4, 0.5) is 29.1 Å². The molecule has 1 aliphatic rings. The maximum absolute atomic E-state index is 15.0. The lowest BCUT2D eigenvalue weighted by molar-refractivity contribution is -0.0529. The molecule has 0 radical (unpaired) electrons. The van der Waals surface area contributed by atoms with Crippen molar-refractivity contribution in [1.82, 2.24) is 18.9 Å². The van der Waals surface area contributed by atoms with Crippen molar-refractivity contribution in [2.45, 2.75) is 35.8 Å². The number of aromatic nitrogens is 4. The van der Waals surface area contributed by atoms with Crippen LogP contribution in [0.5, 0.6) is 5.75 Å². The van der Waals surface area contributed by atoms with Gasteiger partial charge in [0.15, 0.2) is 17.4 Å². The number of imidazole rings is 1. The highest BCUT2D eigenvalue weighted by Gasteiger charge is 2.44. The van der Waals surface area contributed by atoms with Gasteiger partial charge < -0.3 is 26.2 Å². The molecule has 11 nitrogen and oxygen atoms in total. The van der Waals surface area contributed by atoms with Crippen molar-refractivity contribution in [3.8, 4) is 17.0 Å². The third kappa shape index (κ3) is 4.91. The smallest absolute Gasteiger partial charge is 0.271 e. The number of pyridine rings is 2. The monoisotopic (exact) mass is 595 g/mol. The number of halogens is 4. The van der Waals surface area contributed by atoms with Crippen LogP contribution in [0.15, 0.2) is 47.9 Å². The van der Waals surface area contributed by atoms with E-state index in [0.717, 1.165) is 41.8 Å². The molecule has 218 valence electrons. The largest absolute Gasteiger partial charge is 0.494 e. The van der Waals surface area contributed by atoms with Gasteiger partial charge in [0, 0.05) is 30.9 Å². The number of fused-ring (bicyclic) bond motifs is 1. The second-order valence-corrected chi connectivity index (χ2v) is 11.4. The zero-order valence-corrected chi connectivity index (χ0v) is 22.3. The Morgan fingerprint density at radius 3 is 2.61 bits per heavy atom. The average molecular weight is 596 g/mol. The standard InChI is InChI=1S/C25H25F4N7O4S/c1-40-19-8-14(26)13(7-15(19)27)16-9-20(41(38,39)36-12-34-21-17(36)3-5-32-24(21)30)18(10-33-16)35-6-2-4-25(31,11-35)22(37)23(28)29/h3,5,7-10,12,22-23,37H,2,4,6,11,31H2,1H3,(H2,30,32)/t22-,25-/m1/s1. The number of piperidine rings is 1. The number of methoxy groups -OCH3 is 1. The number of hydrogen-bond acceptors (Lipinski definition) is 10. The van der Waals surface area contributed by atoms with E-state index in [0.29, 0.717) is 0 Å². The second-order valence-electron chi connectivity index (χ2n) is 9.65. The molecule has 4 heterocycles. The summed E-state index contributed by atoms with van der Waals surface area (Å²) in [6.07, 6.45) is -1.60. The summed E-state index contributed by atoms with van der Waals surface area (Å²) in [5, 5.41) is 10.1. The van der Waals surface area contributed by atoms with Crippen LogP contribution in [0.3, 0.4) is 0 Å². The quantitative estimate of drug-likeness (QED) is 0.271. The Labute approximate surface area is 231 Å². The molecule has 1 aliphatic heterocycles. The third-order valence-corrected chi connectivity index (χ3v) is 8.78. The lowest BCUT2D eigenvalue weighted by Gasteiger charge is -2.44. The molecule has 1 saturated heterocycles. The summed E-state index contributed by atoms with van der Waals surface area (Å²) in [6.45, 7) is -0.152. The Bertz CT molecular complexity index is 1740. The van der Waals surface area contributed by atoms with E-state index in [9.17, 15) is 31.1 Å². The molecule has 41 heavy (non-hydrogen) atoms. The van der Waals surface area contributed by atoms with E-state index in [2.05, 4.69) is 15.0 Å². The number of alkyl halides is 2.